The highest BCUT2D eigenvalue weighted by Gasteiger charge is 2.09. The van der Waals surface area contributed by atoms with Gasteiger partial charge in [0.15, 0.2) is 0 Å². The van der Waals surface area contributed by atoms with Crippen LogP contribution < -0.4 is 10.1 Å². The fraction of sp³-hybridized carbons (Fsp3) is 0.0556. The van der Waals surface area contributed by atoms with Gasteiger partial charge >= 0.3 is 5.97 Å². The van der Waals surface area contributed by atoms with Crippen molar-refractivity contribution in [3.63, 3.8) is 0 Å². The lowest BCUT2D eigenvalue weighted by Crippen LogP contribution is -2.18. The van der Waals surface area contributed by atoms with Crippen molar-refractivity contribution in [2.75, 3.05) is 7.05 Å². The third-order valence-electron chi connectivity index (χ3n) is 3.53. The van der Waals surface area contributed by atoms with Crippen molar-refractivity contribution in [1.82, 2.24) is 15.3 Å². The average Bonchev–Trinajstić information content (AvgIpc) is 3.12. The van der Waals surface area contributed by atoms with E-state index in [9.17, 15) is 9.59 Å². The predicted molar refractivity (Wildman–Crippen MR) is 90.9 cm³/mol. The molecule has 0 fully saturated rings. The Morgan fingerprint density at radius 1 is 1.08 bits per heavy atom. The summed E-state index contributed by atoms with van der Waals surface area (Å²) in [5.41, 5.74) is 2.03. The summed E-state index contributed by atoms with van der Waals surface area (Å²) in [4.78, 5) is 29.2. The van der Waals surface area contributed by atoms with Crippen LogP contribution in [0, 0.1) is 0 Å². The Labute approximate surface area is 143 Å². The maximum atomic E-state index is 11.6. The molecule has 0 saturated carbocycles. The van der Waals surface area contributed by atoms with Crippen LogP contribution in [0.2, 0.25) is 0 Å². The molecule has 3 rings (SSSR count). The molecule has 0 unspecified atom stereocenters. The zero-order valence-corrected chi connectivity index (χ0v) is 13.3. The van der Waals surface area contributed by atoms with Crippen molar-refractivity contribution in [3.05, 3.63) is 66.2 Å². The van der Waals surface area contributed by atoms with Crippen LogP contribution in [-0.4, -0.2) is 34.0 Å². The van der Waals surface area contributed by atoms with E-state index in [2.05, 4.69) is 15.3 Å². The van der Waals surface area contributed by atoms with E-state index in [0.29, 0.717) is 11.5 Å². The van der Waals surface area contributed by atoms with Crippen LogP contribution in [0.5, 0.6) is 11.5 Å². The molecule has 2 heterocycles. The second-order valence-electron chi connectivity index (χ2n) is 5.19. The van der Waals surface area contributed by atoms with Gasteiger partial charge in [-0.2, -0.15) is 0 Å². The fourth-order valence-corrected chi connectivity index (χ4v) is 2.26. The van der Waals surface area contributed by atoms with Crippen molar-refractivity contribution in [2.24, 2.45) is 0 Å². The molecule has 0 atom stereocenters. The highest BCUT2D eigenvalue weighted by Crippen LogP contribution is 2.26. The highest BCUT2D eigenvalue weighted by atomic mass is 16.5. The molecule has 1 aromatic carbocycles. The van der Waals surface area contributed by atoms with Gasteiger partial charge in [-0.05, 0) is 35.4 Å². The van der Waals surface area contributed by atoms with E-state index >= 15 is 0 Å². The quantitative estimate of drug-likeness (QED) is 0.664. The number of aromatic carboxylic acids is 1. The minimum absolute atomic E-state index is 0.133. The minimum Gasteiger partial charge on any atom is -0.477 e. The predicted octanol–water partition coefficient (Wildman–Crippen LogP) is 2.93. The normalized spacial score (nSPS) is 10.3. The van der Waals surface area contributed by atoms with Gasteiger partial charge in [-0.25, -0.2) is 4.79 Å². The Balaban J connectivity index is 1.76. The Morgan fingerprint density at radius 2 is 1.84 bits per heavy atom. The van der Waals surface area contributed by atoms with Gasteiger partial charge in [-0.15, -0.1) is 0 Å². The van der Waals surface area contributed by atoms with Gasteiger partial charge in [0.05, 0.1) is 0 Å². The molecule has 0 bridgehead atoms. The summed E-state index contributed by atoms with van der Waals surface area (Å²) in [6.07, 6.45) is 3.14. The summed E-state index contributed by atoms with van der Waals surface area (Å²) in [6, 6.07) is 12.0. The van der Waals surface area contributed by atoms with Gasteiger partial charge in [0, 0.05) is 25.5 Å². The van der Waals surface area contributed by atoms with Crippen LogP contribution in [0.15, 0.2) is 54.9 Å². The molecule has 25 heavy (non-hydrogen) atoms. The summed E-state index contributed by atoms with van der Waals surface area (Å²) in [6.45, 7) is 0. The molecular formula is C18H15N3O4. The number of carbonyl (C=O) groups is 2. The molecule has 3 aromatic rings. The lowest BCUT2D eigenvalue weighted by Gasteiger charge is -2.07. The van der Waals surface area contributed by atoms with Gasteiger partial charge in [0.1, 0.15) is 22.9 Å². The van der Waals surface area contributed by atoms with Gasteiger partial charge in [0.2, 0.25) is 0 Å². The smallest absolute Gasteiger partial charge is 0.352 e. The Morgan fingerprint density at radius 3 is 2.48 bits per heavy atom. The lowest BCUT2D eigenvalue weighted by atomic mass is 10.1. The molecular weight excluding hydrogens is 322 g/mol. The van der Waals surface area contributed by atoms with Crippen molar-refractivity contribution < 1.29 is 19.4 Å². The zero-order chi connectivity index (χ0) is 17.8. The summed E-state index contributed by atoms with van der Waals surface area (Å²) >= 11 is 0. The molecule has 3 N–H and O–H groups in total. The molecule has 126 valence electrons. The number of carboxylic acid groups (broad SMARTS) is 1. The van der Waals surface area contributed by atoms with Crippen molar-refractivity contribution in [3.8, 4) is 22.6 Å². The van der Waals surface area contributed by atoms with Crippen LogP contribution in [0.3, 0.4) is 0 Å². The minimum atomic E-state index is -1.00. The van der Waals surface area contributed by atoms with E-state index in [1.165, 1.54) is 13.2 Å². The van der Waals surface area contributed by atoms with Crippen molar-refractivity contribution in [1.29, 1.82) is 0 Å². The number of rotatable bonds is 5. The molecule has 1 amide bonds. The third kappa shape index (κ3) is 3.66. The standard InChI is InChI=1S/C18H15N3O4/c1-19-17(22)15-9-14(6-7-20-15)25-13-4-2-11(3-5-13)12-8-16(18(23)24)21-10-12/h2-10,21H,1H3,(H,19,22)(H,23,24). The number of H-pyrrole nitrogens is 1. The number of nitrogens with zero attached hydrogens (tertiary/aromatic N) is 1. The van der Waals surface area contributed by atoms with Gasteiger partial charge in [-0.3, -0.25) is 9.78 Å². The molecule has 0 aliphatic carbocycles. The van der Waals surface area contributed by atoms with Crippen molar-refractivity contribution in [2.45, 2.75) is 0 Å². The molecule has 0 spiro atoms. The Bertz CT molecular complexity index is 916. The first-order valence-corrected chi connectivity index (χ1v) is 7.45. The molecule has 7 nitrogen and oxygen atoms in total. The molecule has 0 aliphatic heterocycles. The molecule has 2 aromatic heterocycles. The number of benzene rings is 1. The van der Waals surface area contributed by atoms with Crippen LogP contribution in [0.4, 0.5) is 0 Å². The van der Waals surface area contributed by atoms with Crippen molar-refractivity contribution >= 4 is 11.9 Å². The van der Waals surface area contributed by atoms with Crippen LogP contribution in [-0.2, 0) is 0 Å². The average molecular weight is 337 g/mol. The van der Waals surface area contributed by atoms with E-state index in [1.54, 1.807) is 36.5 Å². The number of aromatic nitrogens is 2. The fourth-order valence-electron chi connectivity index (χ4n) is 2.26. The molecule has 0 aliphatic rings. The third-order valence-corrected chi connectivity index (χ3v) is 3.53. The molecule has 0 radical (unpaired) electrons. The first kappa shape index (κ1) is 16.3. The molecule has 0 saturated heterocycles. The van der Waals surface area contributed by atoms with Gasteiger partial charge < -0.3 is 20.1 Å². The van der Waals surface area contributed by atoms with E-state index in [0.717, 1.165) is 11.1 Å². The SMILES string of the molecule is CNC(=O)c1cc(Oc2ccc(-c3c[nH]c(C(=O)O)c3)cc2)ccn1. The maximum absolute atomic E-state index is 11.6. The number of ether oxygens (including phenoxy) is 1. The van der Waals surface area contributed by atoms with Crippen LogP contribution in [0.25, 0.3) is 11.1 Å². The number of nitrogens with one attached hydrogen (secondary N) is 2. The largest absolute Gasteiger partial charge is 0.477 e. The first-order valence-electron chi connectivity index (χ1n) is 7.45. The second-order valence-corrected chi connectivity index (χ2v) is 5.19. The lowest BCUT2D eigenvalue weighted by molar-refractivity contribution is 0.0691. The van der Waals surface area contributed by atoms with Crippen LogP contribution in [0.1, 0.15) is 21.0 Å². The number of hydrogen-bond acceptors (Lipinski definition) is 4. The summed E-state index contributed by atoms with van der Waals surface area (Å²) in [5, 5.41) is 11.5. The number of aromatic amines is 1. The Hall–Kier alpha value is -3.61. The number of carbonyl (C=O) groups excluding carboxylic acids is 1. The maximum Gasteiger partial charge on any atom is 0.352 e. The second kappa shape index (κ2) is 6.88. The van der Waals surface area contributed by atoms with E-state index in [4.69, 9.17) is 9.84 Å². The van der Waals surface area contributed by atoms with Crippen LogP contribution >= 0.6 is 0 Å². The van der Waals surface area contributed by atoms with E-state index < -0.39 is 5.97 Å². The highest BCUT2D eigenvalue weighted by molar-refractivity contribution is 5.92. The topological polar surface area (TPSA) is 104 Å². The number of hydrogen-bond donors (Lipinski definition) is 3. The summed E-state index contributed by atoms with van der Waals surface area (Å²) in [5.74, 6) is -0.207. The van der Waals surface area contributed by atoms with E-state index in [-0.39, 0.29) is 17.3 Å². The van der Waals surface area contributed by atoms with E-state index in [1.807, 2.05) is 12.1 Å². The molecule has 7 heteroatoms. The summed E-state index contributed by atoms with van der Waals surface area (Å²) in [7, 11) is 1.53. The Kier molecular flexibility index (Phi) is 4.47. The zero-order valence-electron chi connectivity index (χ0n) is 13.3. The summed E-state index contributed by atoms with van der Waals surface area (Å²) < 4.78 is 5.73. The van der Waals surface area contributed by atoms with Gasteiger partial charge in [0.25, 0.3) is 5.91 Å². The number of amides is 1. The van der Waals surface area contributed by atoms with Gasteiger partial charge in [-0.1, -0.05) is 12.1 Å². The monoisotopic (exact) mass is 337 g/mol. The number of pyridine rings is 1. The first-order chi connectivity index (χ1) is 12.1. The number of carboxylic acids is 1.